The second kappa shape index (κ2) is 10.4. The predicted molar refractivity (Wildman–Crippen MR) is 71.2 cm³/mol. The molecule has 0 saturated carbocycles. The van der Waals surface area contributed by atoms with Gasteiger partial charge in [0.25, 0.3) is 0 Å². The first-order valence-electron chi connectivity index (χ1n) is 6.83. The summed E-state index contributed by atoms with van der Waals surface area (Å²) in [6.07, 6.45) is 3.00. The van der Waals surface area contributed by atoms with E-state index in [2.05, 4.69) is 31.4 Å². The Hall–Kier alpha value is -0.770. The second-order valence-corrected chi connectivity index (χ2v) is 4.25. The van der Waals surface area contributed by atoms with Crippen LogP contribution in [0.1, 0.15) is 47.0 Å². The molecular formula is C13H28N2O2. The Morgan fingerprint density at radius 1 is 1.18 bits per heavy atom. The van der Waals surface area contributed by atoms with Gasteiger partial charge in [-0.2, -0.15) is 0 Å². The Balaban J connectivity index is 4.12. The van der Waals surface area contributed by atoms with Crippen molar-refractivity contribution in [3.8, 4) is 0 Å². The van der Waals surface area contributed by atoms with Crippen LogP contribution in [-0.2, 0) is 4.74 Å². The number of carbonyl (C=O) groups excluding carboxylic acids is 1. The lowest BCUT2D eigenvalue weighted by molar-refractivity contribution is 0.113. The smallest absolute Gasteiger partial charge is 0.407 e. The van der Waals surface area contributed by atoms with E-state index in [0.29, 0.717) is 25.1 Å². The van der Waals surface area contributed by atoms with Gasteiger partial charge < -0.3 is 15.4 Å². The first kappa shape index (κ1) is 16.2. The van der Waals surface area contributed by atoms with Crippen LogP contribution >= 0.6 is 0 Å². The summed E-state index contributed by atoms with van der Waals surface area (Å²) in [5.41, 5.74) is 0. The first-order chi connectivity index (χ1) is 8.19. The van der Waals surface area contributed by atoms with Crippen LogP contribution in [0.5, 0.6) is 0 Å². The highest BCUT2D eigenvalue weighted by atomic mass is 16.5. The SMILES string of the molecule is CCCC(NCC)C(CC)COC(=O)NCC. The molecule has 0 saturated heterocycles. The molecule has 4 nitrogen and oxygen atoms in total. The number of amides is 1. The van der Waals surface area contributed by atoms with E-state index in [1.807, 2.05) is 6.92 Å². The van der Waals surface area contributed by atoms with Crippen LogP contribution in [0.3, 0.4) is 0 Å². The van der Waals surface area contributed by atoms with Gasteiger partial charge in [0.15, 0.2) is 0 Å². The quantitative estimate of drug-likeness (QED) is 0.655. The van der Waals surface area contributed by atoms with Gasteiger partial charge in [0, 0.05) is 18.5 Å². The van der Waals surface area contributed by atoms with Crippen LogP contribution in [0.15, 0.2) is 0 Å². The molecule has 2 atom stereocenters. The van der Waals surface area contributed by atoms with Gasteiger partial charge in [0.1, 0.15) is 0 Å². The second-order valence-electron chi connectivity index (χ2n) is 4.25. The standard InChI is InChI=1S/C13H28N2O2/c1-5-9-12(14-7-3)11(6-2)10-17-13(16)15-8-4/h11-12,14H,5-10H2,1-4H3,(H,15,16). The van der Waals surface area contributed by atoms with Crippen molar-refractivity contribution in [1.29, 1.82) is 0 Å². The van der Waals surface area contributed by atoms with Crippen molar-refractivity contribution < 1.29 is 9.53 Å². The zero-order valence-electron chi connectivity index (χ0n) is 11.7. The maximum atomic E-state index is 11.2. The van der Waals surface area contributed by atoms with Gasteiger partial charge in [-0.1, -0.05) is 27.2 Å². The number of hydrogen-bond donors (Lipinski definition) is 2. The van der Waals surface area contributed by atoms with E-state index in [0.717, 1.165) is 25.8 Å². The third-order valence-corrected chi connectivity index (χ3v) is 2.91. The molecule has 0 spiro atoms. The van der Waals surface area contributed by atoms with E-state index in [4.69, 9.17) is 4.74 Å². The highest BCUT2D eigenvalue weighted by Crippen LogP contribution is 2.14. The zero-order chi connectivity index (χ0) is 13.1. The Kier molecular flexibility index (Phi) is 9.92. The Labute approximate surface area is 105 Å². The molecule has 0 aliphatic rings. The summed E-state index contributed by atoms with van der Waals surface area (Å²) in [7, 11) is 0. The minimum absolute atomic E-state index is 0.308. The molecule has 0 aliphatic heterocycles. The molecule has 0 radical (unpaired) electrons. The van der Waals surface area contributed by atoms with Crippen LogP contribution in [0.4, 0.5) is 4.79 Å². The first-order valence-corrected chi connectivity index (χ1v) is 6.83. The van der Waals surface area contributed by atoms with Crippen molar-refractivity contribution >= 4 is 6.09 Å². The summed E-state index contributed by atoms with van der Waals surface area (Å²) >= 11 is 0. The molecule has 0 fully saturated rings. The lowest BCUT2D eigenvalue weighted by Gasteiger charge is -2.26. The lowest BCUT2D eigenvalue weighted by Crippen LogP contribution is -2.39. The summed E-state index contributed by atoms with van der Waals surface area (Å²) in [4.78, 5) is 11.2. The van der Waals surface area contributed by atoms with Gasteiger partial charge >= 0.3 is 6.09 Å². The minimum Gasteiger partial charge on any atom is -0.449 e. The van der Waals surface area contributed by atoms with E-state index >= 15 is 0 Å². The third kappa shape index (κ3) is 7.21. The Morgan fingerprint density at radius 3 is 2.35 bits per heavy atom. The number of nitrogens with one attached hydrogen (secondary N) is 2. The van der Waals surface area contributed by atoms with E-state index < -0.39 is 0 Å². The summed E-state index contributed by atoms with van der Waals surface area (Å²) < 4.78 is 5.22. The molecule has 0 rings (SSSR count). The van der Waals surface area contributed by atoms with Crippen LogP contribution < -0.4 is 10.6 Å². The minimum atomic E-state index is -0.308. The highest BCUT2D eigenvalue weighted by Gasteiger charge is 2.19. The van der Waals surface area contributed by atoms with Crippen molar-refractivity contribution in [1.82, 2.24) is 10.6 Å². The van der Waals surface area contributed by atoms with Crippen molar-refractivity contribution in [3.63, 3.8) is 0 Å². The molecule has 0 aromatic heterocycles. The molecule has 2 unspecified atom stereocenters. The van der Waals surface area contributed by atoms with Crippen LogP contribution in [0.2, 0.25) is 0 Å². The van der Waals surface area contributed by atoms with Crippen LogP contribution in [0, 0.1) is 5.92 Å². The molecule has 0 aromatic carbocycles. The van der Waals surface area contributed by atoms with Crippen molar-refractivity contribution in [2.24, 2.45) is 5.92 Å². The monoisotopic (exact) mass is 244 g/mol. The van der Waals surface area contributed by atoms with Crippen molar-refractivity contribution in [2.75, 3.05) is 19.7 Å². The summed E-state index contributed by atoms with van der Waals surface area (Å²) in [6, 6.07) is 0.449. The van der Waals surface area contributed by atoms with Crippen molar-refractivity contribution in [3.05, 3.63) is 0 Å². The predicted octanol–water partition coefficient (Wildman–Crippen LogP) is 2.54. The average molecular weight is 244 g/mol. The third-order valence-electron chi connectivity index (χ3n) is 2.91. The maximum Gasteiger partial charge on any atom is 0.407 e. The van der Waals surface area contributed by atoms with Gasteiger partial charge in [0.2, 0.25) is 0 Å². The molecule has 1 amide bonds. The normalized spacial score (nSPS) is 14.1. The molecular weight excluding hydrogens is 216 g/mol. The Morgan fingerprint density at radius 2 is 1.88 bits per heavy atom. The fraction of sp³-hybridized carbons (Fsp3) is 0.923. The molecule has 0 heterocycles. The summed E-state index contributed by atoms with van der Waals surface area (Å²) in [5.74, 6) is 0.400. The zero-order valence-corrected chi connectivity index (χ0v) is 11.7. The molecule has 17 heavy (non-hydrogen) atoms. The van der Waals surface area contributed by atoms with E-state index in [-0.39, 0.29) is 6.09 Å². The molecule has 4 heteroatoms. The molecule has 0 aliphatic carbocycles. The van der Waals surface area contributed by atoms with E-state index in [1.165, 1.54) is 0 Å². The number of hydrogen-bond acceptors (Lipinski definition) is 3. The molecule has 0 bridgehead atoms. The number of alkyl carbamates (subject to hydrolysis) is 1. The summed E-state index contributed by atoms with van der Waals surface area (Å²) in [5, 5.41) is 6.12. The average Bonchev–Trinajstić information content (AvgIpc) is 2.30. The lowest BCUT2D eigenvalue weighted by atomic mass is 9.94. The molecule has 2 N–H and O–H groups in total. The number of carbonyl (C=O) groups is 1. The fourth-order valence-electron chi connectivity index (χ4n) is 1.97. The number of rotatable bonds is 9. The van der Waals surface area contributed by atoms with Crippen LogP contribution in [0.25, 0.3) is 0 Å². The van der Waals surface area contributed by atoms with Gasteiger partial charge in [0.05, 0.1) is 6.61 Å². The van der Waals surface area contributed by atoms with Gasteiger partial charge in [-0.15, -0.1) is 0 Å². The molecule has 102 valence electrons. The number of ether oxygens (including phenoxy) is 1. The summed E-state index contributed by atoms with van der Waals surface area (Å²) in [6.45, 7) is 10.4. The highest BCUT2D eigenvalue weighted by molar-refractivity contribution is 5.66. The van der Waals surface area contributed by atoms with Gasteiger partial charge in [-0.05, 0) is 26.3 Å². The fourth-order valence-corrected chi connectivity index (χ4v) is 1.97. The van der Waals surface area contributed by atoms with E-state index in [9.17, 15) is 4.79 Å². The maximum absolute atomic E-state index is 11.2. The topological polar surface area (TPSA) is 50.4 Å². The molecule has 0 aromatic rings. The van der Waals surface area contributed by atoms with E-state index in [1.54, 1.807) is 0 Å². The van der Waals surface area contributed by atoms with Crippen LogP contribution in [-0.4, -0.2) is 31.8 Å². The largest absolute Gasteiger partial charge is 0.449 e. The Bertz CT molecular complexity index is 192. The van der Waals surface area contributed by atoms with Gasteiger partial charge in [-0.25, -0.2) is 4.79 Å². The van der Waals surface area contributed by atoms with Crippen molar-refractivity contribution in [2.45, 2.75) is 53.0 Å². The van der Waals surface area contributed by atoms with Gasteiger partial charge in [-0.3, -0.25) is 0 Å².